The highest BCUT2D eigenvalue weighted by molar-refractivity contribution is 14.1. The third-order valence-corrected chi connectivity index (χ3v) is 6.20. The average molecular weight is 452 g/mol. The van der Waals surface area contributed by atoms with Crippen molar-refractivity contribution in [3.63, 3.8) is 0 Å². The van der Waals surface area contributed by atoms with Crippen LogP contribution in [0, 0.1) is 3.57 Å². The molecule has 0 saturated heterocycles. The zero-order valence-electron chi connectivity index (χ0n) is 11.9. The molecule has 0 bridgehead atoms. The second-order valence-corrected chi connectivity index (χ2v) is 8.32. The van der Waals surface area contributed by atoms with Gasteiger partial charge in [-0.25, -0.2) is 0 Å². The summed E-state index contributed by atoms with van der Waals surface area (Å²) in [6.07, 6.45) is 0. The molecule has 0 aromatic heterocycles. The van der Waals surface area contributed by atoms with Crippen LogP contribution in [0.3, 0.4) is 0 Å². The summed E-state index contributed by atoms with van der Waals surface area (Å²) < 4.78 is 1.27. The lowest BCUT2D eigenvalue weighted by molar-refractivity contribution is 1.60. The molecule has 3 rings (SSSR count). The fourth-order valence-corrected chi connectivity index (χ4v) is 4.06. The topological polar surface area (TPSA) is 0 Å². The Hall–Kier alpha value is -0.320. The lowest BCUT2D eigenvalue weighted by Gasteiger charge is -2.09. The summed E-state index contributed by atoms with van der Waals surface area (Å²) in [4.78, 5) is 0. The van der Waals surface area contributed by atoms with Gasteiger partial charge in [0.2, 0.25) is 0 Å². The van der Waals surface area contributed by atoms with Crippen molar-refractivity contribution in [3.05, 3.63) is 64.2 Å². The first-order chi connectivity index (χ1) is 10.5. The van der Waals surface area contributed by atoms with Crippen LogP contribution in [0.2, 0.25) is 0 Å². The maximum absolute atomic E-state index is 2.78. The Kier molecular flexibility index (Phi) is 5.31. The van der Waals surface area contributed by atoms with E-state index in [2.05, 4.69) is 111 Å². The summed E-state index contributed by atoms with van der Waals surface area (Å²) in [6, 6.07) is 21.8. The first-order valence-corrected chi connectivity index (χ1v) is 9.66. The van der Waals surface area contributed by atoms with Crippen LogP contribution in [0.25, 0.3) is 22.3 Å². The van der Waals surface area contributed by atoms with Crippen molar-refractivity contribution in [3.8, 4) is 22.3 Å². The van der Waals surface area contributed by atoms with Gasteiger partial charge in [-0.3, -0.25) is 0 Å². The molecule has 4 heteroatoms. The predicted molar refractivity (Wildman–Crippen MR) is 118 cm³/mol. The molecule has 0 aliphatic carbocycles. The summed E-state index contributed by atoms with van der Waals surface area (Å²) in [5, 5.41) is 3.65. The zero-order chi connectivity index (χ0) is 15.7. The quantitative estimate of drug-likeness (QED) is 0.406. The summed E-state index contributed by atoms with van der Waals surface area (Å²) in [6.45, 7) is 0. The maximum Gasteiger partial charge on any atom is 0.0208 e. The highest BCUT2D eigenvalue weighted by Gasteiger charge is 2.04. The Bertz CT molecular complexity index is 823. The van der Waals surface area contributed by atoms with E-state index >= 15 is 0 Å². The molecular weight excluding hydrogens is 436 g/mol. The van der Waals surface area contributed by atoms with E-state index in [-0.39, 0.29) is 0 Å². The lowest BCUT2D eigenvalue weighted by atomic mass is 9.99. The number of hydrogen-bond acceptors (Lipinski definition) is 0. The molecule has 3 unspecified atom stereocenters. The van der Waals surface area contributed by atoms with Crippen molar-refractivity contribution in [2.45, 2.75) is 0 Å². The molecule has 0 aliphatic rings. The van der Waals surface area contributed by atoms with Gasteiger partial charge in [0.1, 0.15) is 0 Å². The maximum atomic E-state index is 2.78. The van der Waals surface area contributed by atoms with Gasteiger partial charge in [-0.15, -0.1) is 27.7 Å². The molecule has 0 heterocycles. The Morgan fingerprint density at radius 3 is 1.82 bits per heavy atom. The minimum absolute atomic E-state index is 1.20. The Labute approximate surface area is 152 Å². The molecule has 3 aromatic carbocycles. The van der Waals surface area contributed by atoms with Gasteiger partial charge in [0.15, 0.2) is 0 Å². The van der Waals surface area contributed by atoms with Gasteiger partial charge in [0.25, 0.3) is 0 Å². The summed E-state index contributed by atoms with van der Waals surface area (Å²) in [5.74, 6) is 0. The van der Waals surface area contributed by atoms with Crippen molar-refractivity contribution in [1.82, 2.24) is 0 Å². The second kappa shape index (κ2) is 7.06. The number of benzene rings is 3. The molecule has 0 aliphatic heterocycles. The summed E-state index contributed by atoms with van der Waals surface area (Å²) in [7, 11) is 8.33. The number of halogens is 1. The van der Waals surface area contributed by atoms with Gasteiger partial charge in [-0.2, -0.15) is 0 Å². The lowest BCUT2D eigenvalue weighted by Crippen LogP contribution is -2.01. The predicted octanol–water partition coefficient (Wildman–Crippen LogP) is 4.13. The molecule has 0 N–H and O–H groups in total. The van der Waals surface area contributed by atoms with E-state index in [4.69, 9.17) is 0 Å². The monoisotopic (exact) mass is 452 g/mol. The van der Waals surface area contributed by atoms with Crippen molar-refractivity contribution in [1.29, 1.82) is 0 Å². The van der Waals surface area contributed by atoms with Crippen LogP contribution in [0.15, 0.2) is 60.7 Å². The van der Waals surface area contributed by atoms with E-state index in [9.17, 15) is 0 Å². The van der Waals surface area contributed by atoms with Gasteiger partial charge in [-0.05, 0) is 91.1 Å². The normalized spacial score (nSPS) is 10.7. The largest absolute Gasteiger partial charge is 0.106 e. The zero-order valence-corrected chi connectivity index (χ0v) is 17.5. The van der Waals surface area contributed by atoms with Crippen molar-refractivity contribution >= 4 is 66.2 Å². The van der Waals surface area contributed by atoms with E-state index in [0.717, 1.165) is 0 Å². The molecule has 0 amide bonds. The standard InChI is InChI=1S/C18H16IP3/c19-17-9-13(4-5-18(17)22)11-2-1-3-12(6-11)14-7-15(20)10-16(21)8-14/h1-10H,20-22H2. The van der Waals surface area contributed by atoms with Gasteiger partial charge >= 0.3 is 0 Å². The van der Waals surface area contributed by atoms with Gasteiger partial charge in [-0.1, -0.05) is 30.3 Å². The Morgan fingerprint density at radius 2 is 1.18 bits per heavy atom. The van der Waals surface area contributed by atoms with Gasteiger partial charge in [0.05, 0.1) is 0 Å². The second-order valence-electron chi connectivity index (χ2n) is 5.21. The van der Waals surface area contributed by atoms with Crippen LogP contribution in [0.1, 0.15) is 0 Å². The molecule has 0 fully saturated rings. The number of rotatable bonds is 2. The van der Waals surface area contributed by atoms with Gasteiger partial charge in [0, 0.05) is 3.57 Å². The van der Waals surface area contributed by atoms with Crippen LogP contribution in [-0.2, 0) is 0 Å². The first kappa shape index (κ1) is 16.5. The fourth-order valence-electron chi connectivity index (χ4n) is 2.43. The van der Waals surface area contributed by atoms with Crippen LogP contribution in [0.4, 0.5) is 0 Å². The molecule has 0 nitrogen and oxygen atoms in total. The minimum Gasteiger partial charge on any atom is -0.106 e. The molecule has 3 atom stereocenters. The van der Waals surface area contributed by atoms with Crippen LogP contribution < -0.4 is 15.9 Å². The van der Waals surface area contributed by atoms with Crippen molar-refractivity contribution in [2.24, 2.45) is 0 Å². The van der Waals surface area contributed by atoms with E-state index < -0.39 is 0 Å². The van der Waals surface area contributed by atoms with E-state index in [1.165, 1.54) is 41.7 Å². The van der Waals surface area contributed by atoms with E-state index in [1.54, 1.807) is 0 Å². The molecular formula is C18H16IP3. The molecule has 0 saturated carbocycles. The SMILES string of the molecule is Pc1cc(P)cc(-c2cccc(-c3ccc(P)c(I)c3)c2)c1. The average Bonchev–Trinajstić information content (AvgIpc) is 2.49. The summed E-state index contributed by atoms with van der Waals surface area (Å²) >= 11 is 2.38. The molecule has 3 aromatic rings. The minimum atomic E-state index is 1.20. The summed E-state index contributed by atoms with van der Waals surface area (Å²) in [5.41, 5.74) is 5.00. The smallest absolute Gasteiger partial charge is 0.0208 e. The molecule has 22 heavy (non-hydrogen) atoms. The molecule has 0 spiro atoms. The van der Waals surface area contributed by atoms with Crippen LogP contribution in [0.5, 0.6) is 0 Å². The van der Waals surface area contributed by atoms with Crippen molar-refractivity contribution in [2.75, 3.05) is 0 Å². The van der Waals surface area contributed by atoms with Crippen LogP contribution >= 0.6 is 50.3 Å². The van der Waals surface area contributed by atoms with E-state index in [0.29, 0.717) is 0 Å². The third-order valence-electron chi connectivity index (χ3n) is 3.51. The number of hydrogen-bond donors (Lipinski definition) is 0. The first-order valence-electron chi connectivity index (χ1n) is 6.85. The van der Waals surface area contributed by atoms with Crippen LogP contribution in [-0.4, -0.2) is 0 Å². The molecule has 0 radical (unpaired) electrons. The fraction of sp³-hybridized carbons (Fsp3) is 0. The highest BCUT2D eigenvalue weighted by atomic mass is 127. The highest BCUT2D eigenvalue weighted by Crippen LogP contribution is 2.27. The Balaban J connectivity index is 2.07. The van der Waals surface area contributed by atoms with Gasteiger partial charge < -0.3 is 0 Å². The Morgan fingerprint density at radius 1 is 0.591 bits per heavy atom. The van der Waals surface area contributed by atoms with E-state index in [1.807, 2.05) is 0 Å². The van der Waals surface area contributed by atoms with Crippen molar-refractivity contribution < 1.29 is 0 Å². The molecule has 110 valence electrons. The third kappa shape index (κ3) is 3.77.